The summed E-state index contributed by atoms with van der Waals surface area (Å²) in [7, 11) is 0. The van der Waals surface area contributed by atoms with Crippen molar-refractivity contribution in [3.8, 4) is 0 Å². The van der Waals surface area contributed by atoms with Gasteiger partial charge >= 0.3 is 0 Å². The topological polar surface area (TPSA) is 130 Å². The molecular formula is C33H32FN2O6-. The number of hydrogen-bond donors (Lipinski definition) is 3. The number of aliphatic carboxylic acids is 1. The largest absolute Gasteiger partial charge is 0.550 e. The molecule has 0 saturated carbocycles. The van der Waals surface area contributed by atoms with Crippen LogP contribution in [0.4, 0.5) is 15.8 Å². The molecule has 0 saturated heterocycles. The lowest BCUT2D eigenvalue weighted by Gasteiger charge is -2.32. The summed E-state index contributed by atoms with van der Waals surface area (Å²) in [6.07, 6.45) is -3.30. The molecule has 2 amide bonds. The molecule has 42 heavy (non-hydrogen) atoms. The monoisotopic (exact) mass is 571 g/mol. The van der Waals surface area contributed by atoms with Crippen LogP contribution in [0, 0.1) is 11.7 Å². The highest BCUT2D eigenvalue weighted by molar-refractivity contribution is 6.32. The quantitative estimate of drug-likeness (QED) is 0.197. The molecule has 1 heterocycles. The van der Waals surface area contributed by atoms with Crippen LogP contribution in [0.2, 0.25) is 0 Å². The van der Waals surface area contributed by atoms with Crippen molar-refractivity contribution < 1.29 is 34.1 Å². The standard InChI is InChI=1S/C33H33FN2O6/c1-19(2)33(31(41)35-21-8-4-3-5-9-21)29-25-11-7-6-10-24(25)27-16-20(34)12-13-26(27)30(29)36(32(33)42)15-14-22(37)17-23(38)18-28(39)40/h3-13,16,19,22-23,37-38H,14-15,17-18H2,1-2H3,(H,35,41)(H,39,40)/p-1/t22-,23-,33?/m1/s1. The lowest BCUT2D eigenvalue weighted by molar-refractivity contribution is -0.307. The summed E-state index contributed by atoms with van der Waals surface area (Å²) in [6, 6.07) is 20.5. The molecule has 4 aromatic carbocycles. The van der Waals surface area contributed by atoms with Crippen LogP contribution in [0.1, 0.15) is 38.7 Å². The minimum atomic E-state index is -1.66. The number of amides is 2. The predicted octanol–water partition coefficient (Wildman–Crippen LogP) is 3.65. The average Bonchev–Trinajstić information content (AvgIpc) is 3.21. The zero-order valence-electron chi connectivity index (χ0n) is 23.3. The highest BCUT2D eigenvalue weighted by atomic mass is 19.1. The summed E-state index contributed by atoms with van der Waals surface area (Å²) in [6.45, 7) is 3.60. The number of carbonyl (C=O) groups excluding carboxylic acids is 3. The second-order valence-electron chi connectivity index (χ2n) is 11.1. The fourth-order valence-corrected chi connectivity index (χ4v) is 6.20. The van der Waals surface area contributed by atoms with Crippen LogP contribution in [0.3, 0.4) is 0 Å². The molecule has 4 aromatic rings. The number of aliphatic hydroxyl groups excluding tert-OH is 2. The summed E-state index contributed by atoms with van der Waals surface area (Å²) >= 11 is 0. The zero-order chi connectivity index (χ0) is 30.2. The number of fused-ring (bicyclic) bond motifs is 6. The van der Waals surface area contributed by atoms with Gasteiger partial charge in [-0.15, -0.1) is 0 Å². The van der Waals surface area contributed by atoms with Crippen molar-refractivity contribution in [2.45, 2.75) is 50.7 Å². The summed E-state index contributed by atoms with van der Waals surface area (Å²) in [5.41, 5.74) is -0.155. The van der Waals surface area contributed by atoms with Gasteiger partial charge in [0.2, 0.25) is 11.8 Å². The van der Waals surface area contributed by atoms with Crippen LogP contribution >= 0.6 is 0 Å². The maximum Gasteiger partial charge on any atom is 0.247 e. The third kappa shape index (κ3) is 4.99. The van der Waals surface area contributed by atoms with Gasteiger partial charge in [-0.2, -0.15) is 0 Å². The van der Waals surface area contributed by atoms with Crippen LogP contribution < -0.4 is 15.3 Å². The molecule has 0 aliphatic carbocycles. The van der Waals surface area contributed by atoms with Crippen molar-refractivity contribution in [2.24, 2.45) is 5.92 Å². The molecule has 3 atom stereocenters. The number of benzene rings is 4. The van der Waals surface area contributed by atoms with Crippen LogP contribution in [0.5, 0.6) is 0 Å². The molecule has 3 N–H and O–H groups in total. The Hall–Kier alpha value is -4.34. The fourth-order valence-electron chi connectivity index (χ4n) is 6.20. The van der Waals surface area contributed by atoms with E-state index in [4.69, 9.17) is 0 Å². The molecule has 0 bridgehead atoms. The average molecular weight is 572 g/mol. The Morgan fingerprint density at radius 2 is 1.60 bits per heavy atom. The third-order valence-corrected chi connectivity index (χ3v) is 8.10. The van der Waals surface area contributed by atoms with Gasteiger partial charge in [0.1, 0.15) is 5.82 Å². The molecule has 0 aromatic heterocycles. The van der Waals surface area contributed by atoms with Gasteiger partial charge in [0, 0.05) is 35.6 Å². The molecule has 5 rings (SSSR count). The van der Waals surface area contributed by atoms with Gasteiger partial charge < -0.3 is 30.3 Å². The van der Waals surface area contributed by atoms with E-state index >= 15 is 0 Å². The smallest absolute Gasteiger partial charge is 0.247 e. The predicted molar refractivity (Wildman–Crippen MR) is 156 cm³/mol. The van der Waals surface area contributed by atoms with Crippen LogP contribution in [0.25, 0.3) is 21.5 Å². The van der Waals surface area contributed by atoms with E-state index in [1.54, 1.807) is 30.3 Å². The van der Waals surface area contributed by atoms with Crippen LogP contribution in [-0.4, -0.2) is 46.7 Å². The van der Waals surface area contributed by atoms with Gasteiger partial charge in [0.15, 0.2) is 5.41 Å². The molecule has 218 valence electrons. The van der Waals surface area contributed by atoms with E-state index in [1.165, 1.54) is 17.0 Å². The molecule has 0 spiro atoms. The highest BCUT2D eigenvalue weighted by Crippen LogP contribution is 2.54. The van der Waals surface area contributed by atoms with Crippen LogP contribution in [-0.2, 0) is 19.8 Å². The van der Waals surface area contributed by atoms with Crippen LogP contribution in [0.15, 0.2) is 72.8 Å². The maximum atomic E-state index is 14.7. The summed E-state index contributed by atoms with van der Waals surface area (Å²) < 4.78 is 14.6. The number of rotatable bonds is 10. The van der Waals surface area contributed by atoms with Crippen molar-refractivity contribution in [3.63, 3.8) is 0 Å². The minimum absolute atomic E-state index is 0.000712. The van der Waals surface area contributed by atoms with E-state index in [0.29, 0.717) is 38.5 Å². The van der Waals surface area contributed by atoms with Gasteiger partial charge in [-0.3, -0.25) is 9.59 Å². The van der Waals surface area contributed by atoms with Crippen molar-refractivity contribution in [1.82, 2.24) is 0 Å². The molecule has 8 nitrogen and oxygen atoms in total. The fraction of sp³-hybridized carbons (Fsp3) is 0.303. The van der Waals surface area contributed by atoms with E-state index in [-0.39, 0.29) is 19.4 Å². The number of carboxylic acids is 1. The molecule has 0 fully saturated rings. The SMILES string of the molecule is CC(C)C1(C(=O)Nc2ccccc2)C(=O)N(CC[C@@H](O)C[C@@H](O)CC(=O)[O-])c2c1c1ccccc1c1cc(F)ccc21. The third-order valence-electron chi connectivity index (χ3n) is 8.10. The molecule has 1 unspecified atom stereocenters. The molecular weight excluding hydrogens is 539 g/mol. The normalized spacial score (nSPS) is 18.0. The second kappa shape index (κ2) is 11.5. The number of hydrogen-bond acceptors (Lipinski definition) is 6. The number of nitrogens with zero attached hydrogens (tertiary/aromatic N) is 1. The van der Waals surface area contributed by atoms with Gasteiger partial charge in [-0.1, -0.05) is 56.3 Å². The van der Waals surface area contributed by atoms with Crippen molar-refractivity contribution in [1.29, 1.82) is 0 Å². The molecule has 1 aliphatic rings. The summed E-state index contributed by atoms with van der Waals surface area (Å²) in [5, 5.41) is 36.9. The Morgan fingerprint density at radius 1 is 0.929 bits per heavy atom. The van der Waals surface area contributed by atoms with E-state index in [0.717, 1.165) is 0 Å². The van der Waals surface area contributed by atoms with Gasteiger partial charge in [0.05, 0.1) is 17.9 Å². The lowest BCUT2D eigenvalue weighted by Crippen LogP contribution is -2.52. The van der Waals surface area contributed by atoms with Crippen molar-refractivity contribution in [3.05, 3.63) is 84.2 Å². The molecule has 0 radical (unpaired) electrons. The van der Waals surface area contributed by atoms with E-state index in [1.807, 2.05) is 44.2 Å². The Kier molecular flexibility index (Phi) is 7.99. The molecule has 1 aliphatic heterocycles. The van der Waals surface area contributed by atoms with Gasteiger partial charge in [-0.25, -0.2) is 4.39 Å². The Labute approximate surface area is 242 Å². The second-order valence-corrected chi connectivity index (χ2v) is 11.1. The number of anilines is 2. The van der Waals surface area contributed by atoms with E-state index in [2.05, 4.69) is 5.32 Å². The van der Waals surface area contributed by atoms with E-state index < -0.39 is 53.6 Å². The number of aliphatic hydroxyl groups is 2. The molecule has 9 heteroatoms. The first-order valence-electron chi connectivity index (χ1n) is 13.9. The Bertz CT molecular complexity index is 1670. The first-order chi connectivity index (χ1) is 20.0. The lowest BCUT2D eigenvalue weighted by atomic mass is 9.69. The van der Waals surface area contributed by atoms with Crippen molar-refractivity contribution in [2.75, 3.05) is 16.8 Å². The highest BCUT2D eigenvalue weighted by Gasteiger charge is 2.59. The van der Waals surface area contributed by atoms with Gasteiger partial charge in [-0.05, 0) is 65.3 Å². The number of para-hydroxylation sites is 1. The number of carboxylic acid groups (broad SMARTS) is 1. The first-order valence-corrected chi connectivity index (χ1v) is 13.9. The van der Waals surface area contributed by atoms with Gasteiger partial charge in [0.25, 0.3) is 0 Å². The number of halogens is 1. The zero-order valence-corrected chi connectivity index (χ0v) is 23.3. The van der Waals surface area contributed by atoms with E-state index in [9.17, 15) is 34.1 Å². The minimum Gasteiger partial charge on any atom is -0.550 e. The maximum absolute atomic E-state index is 14.7. The summed E-state index contributed by atoms with van der Waals surface area (Å²) in [5.74, 6) is -3.37. The Morgan fingerprint density at radius 3 is 2.26 bits per heavy atom. The van der Waals surface area contributed by atoms with Crippen molar-refractivity contribution >= 4 is 50.7 Å². The number of nitrogens with one attached hydrogen (secondary N) is 1. The number of carbonyl (C=O) groups is 3. The Balaban J connectivity index is 1.69. The first kappa shape index (κ1) is 29.2. The summed E-state index contributed by atoms with van der Waals surface area (Å²) in [4.78, 5) is 41.3.